The van der Waals surface area contributed by atoms with Gasteiger partial charge in [-0.15, -0.1) is 0 Å². The van der Waals surface area contributed by atoms with E-state index in [2.05, 4.69) is 12.7 Å². The monoisotopic (exact) mass is 350 g/mol. The maximum absolute atomic E-state index is 5.86. The lowest BCUT2D eigenvalue weighted by Crippen LogP contribution is -2.13. The van der Waals surface area contributed by atoms with Gasteiger partial charge in [0.05, 0.1) is 0 Å². The number of rotatable bonds is 4. The molecule has 2 aromatic rings. The van der Waals surface area contributed by atoms with E-state index < -0.39 is 0 Å². The molecule has 2 aliphatic rings. The topological polar surface area (TPSA) is 36.9 Å². The van der Waals surface area contributed by atoms with Crippen LogP contribution in [0, 0.1) is 0 Å². The summed E-state index contributed by atoms with van der Waals surface area (Å²) in [4.78, 5) is 11.1. The van der Waals surface area contributed by atoms with Crippen LogP contribution in [-0.4, -0.2) is 12.7 Å². The van der Waals surface area contributed by atoms with Gasteiger partial charge in [-0.25, -0.2) is 0 Å². The Morgan fingerprint density at radius 2 is 2.04 bits per heavy atom. The van der Waals surface area contributed by atoms with Crippen LogP contribution in [0.2, 0.25) is 0 Å². The van der Waals surface area contributed by atoms with Crippen molar-refractivity contribution in [2.75, 3.05) is 6.61 Å². The molecule has 0 amide bonds. The normalized spacial score (nSPS) is 19.2. The predicted molar refractivity (Wildman–Crippen MR) is 100 cm³/mol. The molecule has 0 saturated carbocycles. The van der Waals surface area contributed by atoms with Crippen molar-refractivity contribution < 1.29 is 19.2 Å². The lowest BCUT2D eigenvalue weighted by Gasteiger charge is -2.11. The van der Waals surface area contributed by atoms with E-state index in [9.17, 15) is 0 Å². The van der Waals surface area contributed by atoms with Crippen LogP contribution in [0.25, 0.3) is 0 Å². The minimum atomic E-state index is 0.0381. The number of ether oxygens (including phenoxy) is 2. The molecule has 1 unspecified atom stereocenters. The van der Waals surface area contributed by atoms with Crippen molar-refractivity contribution in [3.05, 3.63) is 71.3 Å². The lowest BCUT2D eigenvalue weighted by atomic mass is 10.1. The molecule has 2 heterocycles. The minimum Gasteiger partial charge on any atom is -0.485 e. The first kappa shape index (κ1) is 16.6. The maximum Gasteiger partial charge on any atom is 0.220 e. The Hall–Kier alpha value is -2.88. The van der Waals surface area contributed by atoms with Gasteiger partial charge in [-0.1, -0.05) is 18.7 Å². The van der Waals surface area contributed by atoms with Gasteiger partial charge in [0.25, 0.3) is 0 Å². The SMILES string of the molecule is C=C(C)C1Cc2cc(OOc3ccc4cc3OCC(=CC)C4)ccc2O1. The Kier molecular flexibility index (Phi) is 4.33. The van der Waals surface area contributed by atoms with E-state index >= 15 is 0 Å². The van der Waals surface area contributed by atoms with Gasteiger partial charge in [0, 0.05) is 12.0 Å². The Morgan fingerprint density at radius 1 is 1.15 bits per heavy atom. The van der Waals surface area contributed by atoms with Crippen LogP contribution in [-0.2, 0) is 12.8 Å². The lowest BCUT2D eigenvalue weighted by molar-refractivity contribution is -0.102. The second kappa shape index (κ2) is 6.79. The second-order valence-electron chi connectivity index (χ2n) is 6.79. The highest BCUT2D eigenvalue weighted by molar-refractivity contribution is 5.46. The van der Waals surface area contributed by atoms with Crippen LogP contribution in [0.1, 0.15) is 25.0 Å². The maximum atomic E-state index is 5.86. The molecule has 0 radical (unpaired) electrons. The minimum absolute atomic E-state index is 0.0381. The summed E-state index contributed by atoms with van der Waals surface area (Å²) in [5, 5.41) is 0. The van der Waals surface area contributed by atoms with Crippen molar-refractivity contribution >= 4 is 0 Å². The number of allylic oxidation sites excluding steroid dienone is 1. The first-order valence-electron chi connectivity index (χ1n) is 8.81. The summed E-state index contributed by atoms with van der Waals surface area (Å²) in [6.45, 7) is 8.55. The van der Waals surface area contributed by atoms with Crippen LogP contribution in [0.4, 0.5) is 0 Å². The molecule has 0 N–H and O–H groups in total. The third-order valence-electron chi connectivity index (χ3n) is 4.74. The van der Waals surface area contributed by atoms with Gasteiger partial charge in [-0.2, -0.15) is 0 Å². The molecule has 134 valence electrons. The predicted octanol–water partition coefficient (Wildman–Crippen LogP) is 4.82. The Labute approximate surface area is 153 Å². The van der Waals surface area contributed by atoms with Crippen LogP contribution in [0.5, 0.6) is 23.0 Å². The van der Waals surface area contributed by atoms with Crippen molar-refractivity contribution in [3.8, 4) is 23.0 Å². The summed E-state index contributed by atoms with van der Waals surface area (Å²) in [7, 11) is 0. The second-order valence-corrected chi connectivity index (χ2v) is 6.79. The third kappa shape index (κ3) is 3.27. The van der Waals surface area contributed by atoms with Crippen molar-refractivity contribution in [3.63, 3.8) is 0 Å². The molecule has 1 atom stereocenters. The molecular weight excluding hydrogens is 328 g/mol. The molecule has 4 nitrogen and oxygen atoms in total. The molecule has 0 saturated heterocycles. The summed E-state index contributed by atoms with van der Waals surface area (Å²) < 4.78 is 11.7. The molecule has 26 heavy (non-hydrogen) atoms. The van der Waals surface area contributed by atoms with Crippen molar-refractivity contribution in [2.24, 2.45) is 0 Å². The third-order valence-corrected chi connectivity index (χ3v) is 4.74. The van der Waals surface area contributed by atoms with Crippen molar-refractivity contribution in [2.45, 2.75) is 32.8 Å². The van der Waals surface area contributed by atoms with Crippen molar-refractivity contribution in [1.82, 2.24) is 0 Å². The highest BCUT2D eigenvalue weighted by Gasteiger charge is 2.24. The van der Waals surface area contributed by atoms with Crippen LogP contribution in [0.15, 0.2) is 60.2 Å². The Morgan fingerprint density at radius 3 is 2.85 bits per heavy atom. The Bertz CT molecular complexity index is 882. The zero-order chi connectivity index (χ0) is 18.1. The van der Waals surface area contributed by atoms with E-state index in [0.717, 1.165) is 29.7 Å². The molecule has 0 aromatic heterocycles. The Balaban J connectivity index is 1.46. The summed E-state index contributed by atoms with van der Waals surface area (Å²) in [6, 6.07) is 11.6. The summed E-state index contributed by atoms with van der Waals surface area (Å²) >= 11 is 0. The van der Waals surface area contributed by atoms with E-state index in [-0.39, 0.29) is 6.10 Å². The molecule has 2 bridgehead atoms. The summed E-state index contributed by atoms with van der Waals surface area (Å²) in [5.41, 5.74) is 4.58. The first-order valence-corrected chi connectivity index (χ1v) is 8.81. The quantitative estimate of drug-likeness (QED) is 0.450. The van der Waals surface area contributed by atoms with E-state index in [0.29, 0.717) is 23.9 Å². The van der Waals surface area contributed by atoms with Gasteiger partial charge in [-0.3, -0.25) is 9.78 Å². The molecule has 4 heteroatoms. The fourth-order valence-electron chi connectivity index (χ4n) is 3.16. The van der Waals surface area contributed by atoms with E-state index in [1.165, 1.54) is 11.1 Å². The molecule has 2 aromatic carbocycles. The summed E-state index contributed by atoms with van der Waals surface area (Å²) in [5.74, 6) is 2.78. The number of hydrogen-bond donors (Lipinski definition) is 0. The van der Waals surface area contributed by atoms with Gasteiger partial charge in [0.2, 0.25) is 5.75 Å². The average molecular weight is 350 g/mol. The van der Waals surface area contributed by atoms with Crippen LogP contribution >= 0.6 is 0 Å². The molecule has 0 fully saturated rings. The van der Waals surface area contributed by atoms with E-state index in [1.807, 2.05) is 50.2 Å². The van der Waals surface area contributed by atoms with Gasteiger partial charge < -0.3 is 9.47 Å². The largest absolute Gasteiger partial charge is 0.485 e. The van der Waals surface area contributed by atoms with Crippen LogP contribution in [0.3, 0.4) is 0 Å². The standard InChI is InChI=1S/C22H22O4/c1-4-15-9-16-5-7-20(22(10-16)23-13-15)26-25-18-6-8-19-17(11-18)12-21(24-19)14(2)3/h4-8,10-11,21H,2,9,12-13H2,1,3H3. The highest BCUT2D eigenvalue weighted by atomic mass is 17.2. The zero-order valence-electron chi connectivity index (χ0n) is 15.1. The van der Waals surface area contributed by atoms with Crippen molar-refractivity contribution in [1.29, 1.82) is 0 Å². The smallest absolute Gasteiger partial charge is 0.220 e. The average Bonchev–Trinajstić information content (AvgIpc) is 3.00. The van der Waals surface area contributed by atoms with Gasteiger partial charge in [-0.05, 0) is 67.3 Å². The van der Waals surface area contributed by atoms with Gasteiger partial charge >= 0.3 is 0 Å². The number of fused-ring (bicyclic) bond motifs is 3. The van der Waals surface area contributed by atoms with E-state index in [4.69, 9.17) is 19.2 Å². The first-order chi connectivity index (χ1) is 12.6. The highest BCUT2D eigenvalue weighted by Crippen LogP contribution is 2.35. The summed E-state index contributed by atoms with van der Waals surface area (Å²) in [6.07, 6.45) is 3.84. The molecule has 0 spiro atoms. The van der Waals surface area contributed by atoms with Crippen LogP contribution < -0.4 is 19.2 Å². The van der Waals surface area contributed by atoms with Gasteiger partial charge in [0.1, 0.15) is 18.5 Å². The number of benzene rings is 2. The number of hydrogen-bond acceptors (Lipinski definition) is 4. The molecular formula is C22H22O4. The molecule has 0 aliphatic carbocycles. The fourth-order valence-corrected chi connectivity index (χ4v) is 3.16. The molecule has 2 aliphatic heterocycles. The molecule has 4 rings (SSSR count). The fraction of sp³-hybridized carbons (Fsp3) is 0.273. The van der Waals surface area contributed by atoms with E-state index in [1.54, 1.807) is 0 Å². The zero-order valence-corrected chi connectivity index (χ0v) is 15.1. The van der Waals surface area contributed by atoms with Gasteiger partial charge in [0.15, 0.2) is 11.5 Å².